The maximum absolute atomic E-state index is 13.5. The summed E-state index contributed by atoms with van der Waals surface area (Å²) in [7, 11) is 3.10. The molecular formula is C24H24N3O8-. The van der Waals surface area contributed by atoms with Crippen molar-refractivity contribution in [2.24, 2.45) is 0 Å². The first-order valence-electron chi connectivity index (χ1n) is 10.9. The molecule has 4 rings (SSSR count). The Balaban J connectivity index is 1.57. The number of nitrogens with one attached hydrogen (secondary N) is 1. The van der Waals surface area contributed by atoms with Crippen LogP contribution < -0.4 is 19.9 Å². The van der Waals surface area contributed by atoms with Crippen LogP contribution in [0.4, 0.5) is 5.69 Å². The molecule has 1 fully saturated rings. The van der Waals surface area contributed by atoms with E-state index in [4.69, 9.17) is 14.2 Å². The molecule has 2 aliphatic heterocycles. The van der Waals surface area contributed by atoms with Crippen LogP contribution in [0.15, 0.2) is 36.4 Å². The number of carboxylic acids is 1. The van der Waals surface area contributed by atoms with E-state index >= 15 is 0 Å². The molecule has 11 nitrogen and oxygen atoms in total. The Bertz CT molecular complexity index is 1160. The highest BCUT2D eigenvalue weighted by Crippen LogP contribution is 2.33. The van der Waals surface area contributed by atoms with E-state index in [0.717, 1.165) is 11.1 Å². The number of ether oxygens (including phenoxy) is 3. The Hall–Kier alpha value is -4.12. The zero-order valence-corrected chi connectivity index (χ0v) is 19.2. The highest BCUT2D eigenvalue weighted by molar-refractivity contribution is 6.10. The summed E-state index contributed by atoms with van der Waals surface area (Å²) < 4.78 is 15.5. The van der Waals surface area contributed by atoms with Crippen molar-refractivity contribution in [1.82, 2.24) is 9.80 Å². The van der Waals surface area contributed by atoms with Crippen molar-refractivity contribution in [1.29, 1.82) is 0 Å². The monoisotopic (exact) mass is 482 g/mol. The smallest absolute Gasteiger partial charge is 0.256 e. The molecule has 0 unspecified atom stereocenters. The van der Waals surface area contributed by atoms with Gasteiger partial charge in [-0.2, -0.15) is 0 Å². The Labute approximate surface area is 201 Å². The maximum atomic E-state index is 13.5. The van der Waals surface area contributed by atoms with Crippen molar-refractivity contribution >= 4 is 29.4 Å². The van der Waals surface area contributed by atoms with Crippen molar-refractivity contribution in [2.75, 3.05) is 52.4 Å². The fourth-order valence-corrected chi connectivity index (χ4v) is 4.14. The molecule has 0 spiro atoms. The summed E-state index contributed by atoms with van der Waals surface area (Å²) in [5, 5.41) is 13.3. The second kappa shape index (κ2) is 10.0. The minimum atomic E-state index is -1.43. The van der Waals surface area contributed by atoms with Crippen molar-refractivity contribution in [3.8, 4) is 22.6 Å². The fourth-order valence-electron chi connectivity index (χ4n) is 4.14. The molecule has 0 bridgehead atoms. The van der Waals surface area contributed by atoms with E-state index in [2.05, 4.69) is 5.32 Å². The first kappa shape index (κ1) is 24.0. The van der Waals surface area contributed by atoms with Gasteiger partial charge in [-0.1, -0.05) is 6.07 Å². The number of piperazine rings is 1. The summed E-state index contributed by atoms with van der Waals surface area (Å²) in [5.74, 6) is -1.46. The Morgan fingerprint density at radius 1 is 1.00 bits per heavy atom. The molecule has 0 saturated carbocycles. The number of hydrogen-bond acceptors (Lipinski definition) is 8. The van der Waals surface area contributed by atoms with Gasteiger partial charge in [-0.3, -0.25) is 14.4 Å². The number of hydrogen-bond donors (Lipinski definition) is 1. The van der Waals surface area contributed by atoms with E-state index in [1.807, 2.05) is 12.1 Å². The molecule has 11 heteroatoms. The first-order valence-corrected chi connectivity index (χ1v) is 10.9. The summed E-state index contributed by atoms with van der Waals surface area (Å²) in [6, 6.07) is 9.65. The number of nitrogens with zero attached hydrogens (tertiary/aromatic N) is 2. The number of carbonyl (C=O) groups excluding carboxylic acids is 4. The fraction of sp³-hybridized carbons (Fsp3) is 0.333. The predicted octanol–water partition coefficient (Wildman–Crippen LogP) is -0.258. The minimum absolute atomic E-state index is 0.0288. The van der Waals surface area contributed by atoms with Gasteiger partial charge < -0.3 is 39.2 Å². The number of carboxylic acid groups (broad SMARTS) is 1. The summed E-state index contributed by atoms with van der Waals surface area (Å²) in [5.41, 5.74) is 2.22. The van der Waals surface area contributed by atoms with Crippen LogP contribution in [0, 0.1) is 0 Å². The lowest BCUT2D eigenvalue weighted by molar-refractivity contribution is -0.309. The van der Waals surface area contributed by atoms with Gasteiger partial charge in [0, 0.05) is 19.2 Å². The Morgan fingerprint density at radius 3 is 2.37 bits per heavy atom. The van der Waals surface area contributed by atoms with Gasteiger partial charge in [0.15, 0.2) is 0 Å². The first-order chi connectivity index (χ1) is 16.8. The second-order valence-corrected chi connectivity index (χ2v) is 8.07. The quantitative estimate of drug-likeness (QED) is 0.570. The molecule has 0 aromatic heterocycles. The SMILES string of the molecule is COc1cc(OC)cc(-c2ccc3c(c2)C(=O)N2CCN(C(=O)COCC(=O)[O-])C[C@@H]2C(=O)N3)c1. The summed E-state index contributed by atoms with van der Waals surface area (Å²) >= 11 is 0. The summed E-state index contributed by atoms with van der Waals surface area (Å²) in [4.78, 5) is 52.1. The number of benzene rings is 2. The van der Waals surface area contributed by atoms with Crippen LogP contribution in [-0.2, 0) is 19.1 Å². The van der Waals surface area contributed by atoms with E-state index < -0.39 is 37.0 Å². The third kappa shape index (κ3) is 5.04. The molecule has 2 aliphatic rings. The third-order valence-corrected chi connectivity index (χ3v) is 5.93. The van der Waals surface area contributed by atoms with E-state index in [0.29, 0.717) is 22.7 Å². The molecule has 2 aromatic rings. The third-order valence-electron chi connectivity index (χ3n) is 5.93. The molecule has 2 heterocycles. The molecule has 0 radical (unpaired) electrons. The molecule has 0 aliphatic carbocycles. The van der Waals surface area contributed by atoms with Gasteiger partial charge in [-0.15, -0.1) is 0 Å². The molecular weight excluding hydrogens is 458 g/mol. The lowest BCUT2D eigenvalue weighted by Gasteiger charge is -2.39. The van der Waals surface area contributed by atoms with Crippen molar-refractivity contribution in [3.63, 3.8) is 0 Å². The summed E-state index contributed by atoms with van der Waals surface area (Å²) in [6.45, 7) is -0.862. The van der Waals surface area contributed by atoms with Crippen molar-refractivity contribution < 1.29 is 38.5 Å². The number of aliphatic carboxylic acids is 1. The standard InChI is InChI=1S/C24H25N3O8/c1-33-16-7-15(8-17(10-16)34-2)14-3-4-19-18(9-14)24(32)27-6-5-26(11-20(27)23(31)25-19)21(28)12-35-13-22(29)30/h3-4,7-10,20H,5-6,11-13H2,1-2H3,(H,25,31)(H,29,30)/p-1/t20-/m1/s1. The Morgan fingerprint density at radius 2 is 1.71 bits per heavy atom. The lowest BCUT2D eigenvalue weighted by atomic mass is 10.0. The topological polar surface area (TPSA) is 138 Å². The van der Waals surface area contributed by atoms with Gasteiger partial charge >= 0.3 is 0 Å². The predicted molar refractivity (Wildman–Crippen MR) is 121 cm³/mol. The number of carbonyl (C=O) groups is 4. The van der Waals surface area contributed by atoms with Crippen LogP contribution in [0.3, 0.4) is 0 Å². The number of methoxy groups -OCH3 is 2. The Kier molecular flexibility index (Phi) is 6.87. The second-order valence-electron chi connectivity index (χ2n) is 8.07. The zero-order chi connectivity index (χ0) is 25.1. The van der Waals surface area contributed by atoms with Crippen LogP contribution in [0.2, 0.25) is 0 Å². The van der Waals surface area contributed by atoms with E-state index in [1.54, 1.807) is 38.5 Å². The number of fused-ring (bicyclic) bond motifs is 2. The van der Waals surface area contributed by atoms with Gasteiger partial charge in [-0.25, -0.2) is 0 Å². The highest BCUT2D eigenvalue weighted by atomic mass is 16.5. The van der Waals surface area contributed by atoms with Crippen molar-refractivity contribution in [2.45, 2.75) is 6.04 Å². The normalized spacial score (nSPS) is 17.1. The van der Waals surface area contributed by atoms with E-state index in [9.17, 15) is 24.3 Å². The van der Waals surface area contributed by atoms with Gasteiger partial charge in [0.25, 0.3) is 5.91 Å². The molecule has 2 aromatic carbocycles. The molecule has 1 atom stereocenters. The largest absolute Gasteiger partial charge is 0.548 e. The van der Waals surface area contributed by atoms with Gasteiger partial charge in [0.1, 0.15) is 24.1 Å². The average molecular weight is 482 g/mol. The highest BCUT2D eigenvalue weighted by Gasteiger charge is 2.40. The van der Waals surface area contributed by atoms with Crippen LogP contribution in [0.1, 0.15) is 10.4 Å². The average Bonchev–Trinajstić information content (AvgIpc) is 2.97. The van der Waals surface area contributed by atoms with Crippen LogP contribution in [0.5, 0.6) is 11.5 Å². The maximum Gasteiger partial charge on any atom is 0.256 e. The molecule has 3 amide bonds. The molecule has 35 heavy (non-hydrogen) atoms. The van der Waals surface area contributed by atoms with Crippen molar-refractivity contribution in [3.05, 3.63) is 42.0 Å². The van der Waals surface area contributed by atoms with Crippen LogP contribution >= 0.6 is 0 Å². The molecule has 184 valence electrons. The van der Waals surface area contributed by atoms with Gasteiger partial charge in [0.05, 0.1) is 44.6 Å². The van der Waals surface area contributed by atoms with Gasteiger partial charge in [-0.05, 0) is 35.4 Å². The number of amides is 3. The molecule has 1 saturated heterocycles. The van der Waals surface area contributed by atoms with Crippen LogP contribution in [0.25, 0.3) is 11.1 Å². The molecule has 1 N–H and O–H groups in total. The van der Waals surface area contributed by atoms with Gasteiger partial charge in [0.2, 0.25) is 11.8 Å². The van der Waals surface area contributed by atoms with Crippen LogP contribution in [-0.4, -0.2) is 86.6 Å². The summed E-state index contributed by atoms with van der Waals surface area (Å²) in [6.07, 6.45) is 0. The van der Waals surface area contributed by atoms with E-state index in [-0.39, 0.29) is 25.5 Å². The zero-order valence-electron chi connectivity index (χ0n) is 19.2. The number of rotatable bonds is 7. The minimum Gasteiger partial charge on any atom is -0.548 e. The lowest BCUT2D eigenvalue weighted by Crippen LogP contribution is -2.60. The number of anilines is 1. The van der Waals surface area contributed by atoms with E-state index in [1.165, 1.54) is 9.80 Å².